The SMILES string of the molecule is CN1CCN(C(=O)c2ccc(CNC(=O)CCCC3CCCCC3)cc2)CC1. The first-order valence-corrected chi connectivity index (χ1v) is 11.0. The lowest BCUT2D eigenvalue weighted by Crippen LogP contribution is -2.47. The maximum atomic E-state index is 12.6. The van der Waals surface area contributed by atoms with E-state index in [1.165, 1.54) is 38.5 Å². The minimum Gasteiger partial charge on any atom is -0.352 e. The highest BCUT2D eigenvalue weighted by molar-refractivity contribution is 5.94. The summed E-state index contributed by atoms with van der Waals surface area (Å²) in [5.74, 6) is 1.08. The number of carbonyl (C=O) groups excluding carboxylic acids is 2. The van der Waals surface area contributed by atoms with Crippen molar-refractivity contribution in [2.45, 2.75) is 57.9 Å². The van der Waals surface area contributed by atoms with Crippen LogP contribution in [0.4, 0.5) is 0 Å². The highest BCUT2D eigenvalue weighted by atomic mass is 16.2. The van der Waals surface area contributed by atoms with E-state index in [2.05, 4.69) is 17.3 Å². The molecule has 0 aromatic heterocycles. The molecule has 3 rings (SSSR count). The zero-order valence-corrected chi connectivity index (χ0v) is 17.3. The third kappa shape index (κ3) is 6.33. The van der Waals surface area contributed by atoms with E-state index >= 15 is 0 Å². The zero-order chi connectivity index (χ0) is 19.8. The second-order valence-electron chi connectivity index (χ2n) is 8.47. The summed E-state index contributed by atoms with van der Waals surface area (Å²) in [6.45, 7) is 3.96. The largest absolute Gasteiger partial charge is 0.352 e. The van der Waals surface area contributed by atoms with Gasteiger partial charge >= 0.3 is 0 Å². The number of carbonyl (C=O) groups is 2. The van der Waals surface area contributed by atoms with E-state index in [9.17, 15) is 9.59 Å². The molecule has 1 saturated heterocycles. The lowest BCUT2D eigenvalue weighted by molar-refractivity contribution is -0.121. The minimum absolute atomic E-state index is 0.103. The molecule has 2 aliphatic rings. The van der Waals surface area contributed by atoms with Crippen LogP contribution in [-0.4, -0.2) is 54.8 Å². The van der Waals surface area contributed by atoms with Gasteiger partial charge in [-0.3, -0.25) is 9.59 Å². The van der Waals surface area contributed by atoms with Crippen molar-refractivity contribution in [2.24, 2.45) is 5.92 Å². The monoisotopic (exact) mass is 385 g/mol. The Morgan fingerprint density at radius 2 is 1.68 bits per heavy atom. The first-order valence-electron chi connectivity index (χ1n) is 11.0. The number of amides is 2. The van der Waals surface area contributed by atoms with Gasteiger partial charge in [-0.15, -0.1) is 0 Å². The van der Waals surface area contributed by atoms with E-state index in [0.717, 1.165) is 49.6 Å². The van der Waals surface area contributed by atoms with Crippen molar-refractivity contribution >= 4 is 11.8 Å². The maximum absolute atomic E-state index is 12.6. The second kappa shape index (κ2) is 10.6. The lowest BCUT2D eigenvalue weighted by atomic mass is 9.86. The smallest absolute Gasteiger partial charge is 0.253 e. The third-order valence-electron chi connectivity index (χ3n) is 6.22. The molecular weight excluding hydrogens is 350 g/mol. The molecule has 2 fully saturated rings. The van der Waals surface area contributed by atoms with Crippen LogP contribution in [0.5, 0.6) is 0 Å². The average molecular weight is 386 g/mol. The Bertz CT molecular complexity index is 630. The summed E-state index contributed by atoms with van der Waals surface area (Å²) in [5.41, 5.74) is 1.77. The fourth-order valence-corrected chi connectivity index (χ4v) is 4.27. The molecular formula is C23H35N3O2. The summed E-state index contributed by atoms with van der Waals surface area (Å²) in [4.78, 5) is 28.8. The molecule has 154 valence electrons. The highest BCUT2D eigenvalue weighted by Crippen LogP contribution is 2.27. The summed E-state index contributed by atoms with van der Waals surface area (Å²) < 4.78 is 0. The van der Waals surface area contributed by atoms with Crippen LogP contribution in [0.1, 0.15) is 67.3 Å². The number of hydrogen-bond donors (Lipinski definition) is 1. The molecule has 5 nitrogen and oxygen atoms in total. The van der Waals surface area contributed by atoms with Gasteiger partial charge in [0.15, 0.2) is 0 Å². The fourth-order valence-electron chi connectivity index (χ4n) is 4.27. The predicted octanol–water partition coefficient (Wildman–Crippen LogP) is 3.44. The number of nitrogens with one attached hydrogen (secondary N) is 1. The molecule has 1 heterocycles. The van der Waals surface area contributed by atoms with Gasteiger partial charge in [-0.25, -0.2) is 0 Å². The number of likely N-dealkylation sites (N-methyl/N-ethyl adjacent to an activating group) is 1. The molecule has 1 aromatic rings. The van der Waals surface area contributed by atoms with E-state index in [1.807, 2.05) is 29.2 Å². The number of nitrogens with zero attached hydrogens (tertiary/aromatic N) is 2. The molecule has 0 radical (unpaired) electrons. The van der Waals surface area contributed by atoms with Gasteiger partial charge in [-0.05, 0) is 43.5 Å². The Morgan fingerprint density at radius 3 is 2.36 bits per heavy atom. The van der Waals surface area contributed by atoms with Crippen molar-refractivity contribution in [3.63, 3.8) is 0 Å². The molecule has 5 heteroatoms. The molecule has 2 amide bonds. The van der Waals surface area contributed by atoms with Gasteiger partial charge in [0.1, 0.15) is 0 Å². The van der Waals surface area contributed by atoms with E-state index in [0.29, 0.717) is 13.0 Å². The summed E-state index contributed by atoms with van der Waals surface area (Å²) in [7, 11) is 2.08. The summed E-state index contributed by atoms with van der Waals surface area (Å²) in [6.07, 6.45) is 9.62. The topological polar surface area (TPSA) is 52.6 Å². The molecule has 0 unspecified atom stereocenters. The van der Waals surface area contributed by atoms with Gasteiger partial charge in [0.25, 0.3) is 5.91 Å². The highest BCUT2D eigenvalue weighted by Gasteiger charge is 2.20. The molecule has 0 atom stereocenters. The normalized spacial score (nSPS) is 18.8. The van der Waals surface area contributed by atoms with Crippen LogP contribution in [0.2, 0.25) is 0 Å². The lowest BCUT2D eigenvalue weighted by Gasteiger charge is -2.32. The Labute approximate surface area is 169 Å². The number of hydrogen-bond acceptors (Lipinski definition) is 3. The van der Waals surface area contributed by atoms with E-state index in [4.69, 9.17) is 0 Å². The van der Waals surface area contributed by atoms with Gasteiger partial charge in [0.2, 0.25) is 5.91 Å². The zero-order valence-electron chi connectivity index (χ0n) is 17.3. The molecule has 1 aliphatic heterocycles. The number of benzene rings is 1. The molecule has 1 aliphatic carbocycles. The number of piperazine rings is 1. The van der Waals surface area contributed by atoms with Crippen molar-refractivity contribution in [1.29, 1.82) is 0 Å². The van der Waals surface area contributed by atoms with Crippen LogP contribution in [0.15, 0.2) is 24.3 Å². The molecule has 0 bridgehead atoms. The van der Waals surface area contributed by atoms with Gasteiger partial charge in [-0.2, -0.15) is 0 Å². The number of rotatable bonds is 7. The summed E-state index contributed by atoms with van der Waals surface area (Å²) in [5, 5.41) is 3.01. The maximum Gasteiger partial charge on any atom is 0.253 e. The van der Waals surface area contributed by atoms with Crippen LogP contribution in [0.3, 0.4) is 0 Å². The van der Waals surface area contributed by atoms with Crippen molar-refractivity contribution in [3.05, 3.63) is 35.4 Å². The van der Waals surface area contributed by atoms with Crippen LogP contribution in [0, 0.1) is 5.92 Å². The first kappa shape index (κ1) is 20.8. The van der Waals surface area contributed by atoms with Crippen molar-refractivity contribution < 1.29 is 9.59 Å². The van der Waals surface area contributed by atoms with Crippen LogP contribution < -0.4 is 5.32 Å². The summed E-state index contributed by atoms with van der Waals surface area (Å²) >= 11 is 0. The van der Waals surface area contributed by atoms with Crippen LogP contribution in [-0.2, 0) is 11.3 Å². The predicted molar refractivity (Wildman–Crippen MR) is 112 cm³/mol. The van der Waals surface area contributed by atoms with Gasteiger partial charge in [0.05, 0.1) is 0 Å². The van der Waals surface area contributed by atoms with E-state index in [1.54, 1.807) is 0 Å². The average Bonchev–Trinajstić information content (AvgIpc) is 2.73. The van der Waals surface area contributed by atoms with Gasteiger partial charge < -0.3 is 15.1 Å². The van der Waals surface area contributed by atoms with Crippen LogP contribution in [0.25, 0.3) is 0 Å². The molecule has 28 heavy (non-hydrogen) atoms. The first-order chi connectivity index (χ1) is 13.6. The standard InChI is InChI=1S/C23H35N3O2/c1-25-14-16-26(17-15-25)23(28)21-12-10-20(11-13-21)18-24-22(27)9-5-8-19-6-3-2-4-7-19/h10-13,19H,2-9,14-18H2,1H3,(H,24,27). The third-order valence-corrected chi connectivity index (χ3v) is 6.22. The van der Waals surface area contributed by atoms with Gasteiger partial charge in [0, 0.05) is 44.7 Å². The van der Waals surface area contributed by atoms with E-state index < -0.39 is 0 Å². The molecule has 1 aromatic carbocycles. The molecule has 1 N–H and O–H groups in total. The van der Waals surface area contributed by atoms with Crippen LogP contribution >= 0.6 is 0 Å². The van der Waals surface area contributed by atoms with E-state index in [-0.39, 0.29) is 11.8 Å². The van der Waals surface area contributed by atoms with Gasteiger partial charge in [-0.1, -0.05) is 44.2 Å². The van der Waals surface area contributed by atoms with Crippen molar-refractivity contribution in [2.75, 3.05) is 33.2 Å². The van der Waals surface area contributed by atoms with Crippen molar-refractivity contribution in [3.8, 4) is 0 Å². The Hall–Kier alpha value is -1.88. The summed E-state index contributed by atoms with van der Waals surface area (Å²) in [6, 6.07) is 7.66. The Morgan fingerprint density at radius 1 is 1.00 bits per heavy atom. The Balaban J connectivity index is 1.36. The second-order valence-corrected chi connectivity index (χ2v) is 8.47. The molecule has 1 saturated carbocycles. The molecule has 0 spiro atoms. The quantitative estimate of drug-likeness (QED) is 0.782. The van der Waals surface area contributed by atoms with Crippen molar-refractivity contribution in [1.82, 2.24) is 15.1 Å². The Kier molecular flexibility index (Phi) is 7.90. The fraction of sp³-hybridized carbons (Fsp3) is 0.652. The minimum atomic E-state index is 0.103.